The van der Waals surface area contributed by atoms with E-state index in [-0.39, 0.29) is 11.7 Å². The van der Waals surface area contributed by atoms with Gasteiger partial charge in [0.25, 0.3) is 0 Å². The number of rotatable bonds is 3. The van der Waals surface area contributed by atoms with Crippen LogP contribution in [0.2, 0.25) is 5.02 Å². The van der Waals surface area contributed by atoms with Gasteiger partial charge in [0.1, 0.15) is 5.82 Å². The van der Waals surface area contributed by atoms with Crippen LogP contribution < -0.4 is 0 Å². The van der Waals surface area contributed by atoms with Gasteiger partial charge in [-0.25, -0.2) is 4.39 Å². The minimum atomic E-state index is -0.255. The molecule has 96 valence electrons. The van der Waals surface area contributed by atoms with Crippen molar-refractivity contribution in [3.63, 3.8) is 0 Å². The predicted molar refractivity (Wildman–Crippen MR) is 71.5 cm³/mol. The van der Waals surface area contributed by atoms with Crippen LogP contribution in [0.25, 0.3) is 0 Å². The molecule has 0 radical (unpaired) electrons. The Balaban J connectivity index is 2.51. The second kappa shape index (κ2) is 5.11. The molecule has 0 aliphatic rings. The topological polar surface area (TPSA) is 17.8 Å². The maximum absolute atomic E-state index is 13.4. The summed E-state index contributed by atoms with van der Waals surface area (Å²) in [5.41, 5.74) is 2.90. The van der Waals surface area contributed by atoms with Crippen molar-refractivity contribution in [1.82, 2.24) is 9.78 Å². The number of hydrogen-bond acceptors (Lipinski definition) is 1. The van der Waals surface area contributed by atoms with E-state index in [9.17, 15) is 4.39 Å². The molecule has 0 bridgehead atoms. The molecule has 0 fully saturated rings. The van der Waals surface area contributed by atoms with Crippen LogP contribution in [0.1, 0.15) is 36.1 Å². The Morgan fingerprint density at radius 1 is 1.39 bits per heavy atom. The third-order valence-corrected chi connectivity index (χ3v) is 3.51. The van der Waals surface area contributed by atoms with E-state index >= 15 is 0 Å². The molecule has 0 N–H and O–H groups in total. The molecule has 0 saturated carbocycles. The van der Waals surface area contributed by atoms with Crippen molar-refractivity contribution in [3.8, 4) is 0 Å². The van der Waals surface area contributed by atoms with Crippen molar-refractivity contribution in [3.05, 3.63) is 52.1 Å². The quantitative estimate of drug-likeness (QED) is 0.819. The normalized spacial score (nSPS) is 12.7. The Labute approximate surface area is 111 Å². The van der Waals surface area contributed by atoms with Gasteiger partial charge in [0.2, 0.25) is 0 Å². The largest absolute Gasteiger partial charge is 0.275 e. The molecule has 4 heteroatoms. The van der Waals surface area contributed by atoms with Crippen molar-refractivity contribution < 1.29 is 4.39 Å². The van der Waals surface area contributed by atoms with Gasteiger partial charge in [0, 0.05) is 29.7 Å². The van der Waals surface area contributed by atoms with Gasteiger partial charge in [0.05, 0.1) is 5.69 Å². The number of benzene rings is 1. The molecule has 1 atom stereocenters. The zero-order valence-electron chi connectivity index (χ0n) is 10.7. The molecule has 0 amide bonds. The fourth-order valence-corrected chi connectivity index (χ4v) is 2.60. The summed E-state index contributed by atoms with van der Waals surface area (Å²) >= 11 is 6.18. The standard InChI is InChI=1S/C14H16ClFN2/c1-4-11(13-8-18(3)17-9(13)2)12-7-10(16)5-6-14(12)15/h5-8,11H,4H2,1-3H3/t11-/m0/s1. The van der Waals surface area contributed by atoms with Crippen molar-refractivity contribution in [2.24, 2.45) is 7.05 Å². The molecular weight excluding hydrogens is 251 g/mol. The van der Waals surface area contributed by atoms with Gasteiger partial charge in [-0.15, -0.1) is 0 Å². The second-order valence-corrected chi connectivity index (χ2v) is 4.88. The first-order chi connectivity index (χ1) is 8.52. The highest BCUT2D eigenvalue weighted by Gasteiger charge is 2.19. The minimum absolute atomic E-state index is 0.0851. The van der Waals surface area contributed by atoms with E-state index in [1.54, 1.807) is 10.7 Å². The Bertz CT molecular complexity index is 563. The lowest BCUT2D eigenvalue weighted by molar-refractivity contribution is 0.622. The van der Waals surface area contributed by atoms with Crippen molar-refractivity contribution in [2.45, 2.75) is 26.2 Å². The zero-order valence-corrected chi connectivity index (χ0v) is 11.5. The first-order valence-electron chi connectivity index (χ1n) is 5.98. The lowest BCUT2D eigenvalue weighted by Gasteiger charge is -2.16. The summed E-state index contributed by atoms with van der Waals surface area (Å²) in [5, 5.41) is 4.94. The molecule has 2 nitrogen and oxygen atoms in total. The summed E-state index contributed by atoms with van der Waals surface area (Å²) < 4.78 is 15.2. The third-order valence-electron chi connectivity index (χ3n) is 3.17. The first-order valence-corrected chi connectivity index (χ1v) is 6.35. The lowest BCUT2D eigenvalue weighted by Crippen LogP contribution is -2.02. The summed E-state index contributed by atoms with van der Waals surface area (Å²) in [6.07, 6.45) is 2.83. The zero-order chi connectivity index (χ0) is 13.3. The molecule has 0 aliphatic carbocycles. The summed E-state index contributed by atoms with van der Waals surface area (Å²) in [4.78, 5) is 0. The van der Waals surface area contributed by atoms with Gasteiger partial charge in [0.15, 0.2) is 0 Å². The van der Waals surface area contributed by atoms with Crippen molar-refractivity contribution >= 4 is 11.6 Å². The van der Waals surface area contributed by atoms with Crippen molar-refractivity contribution in [2.75, 3.05) is 0 Å². The van der Waals surface area contributed by atoms with Crippen LogP contribution in [0.4, 0.5) is 4.39 Å². The molecule has 2 rings (SSSR count). The van der Waals surface area contributed by atoms with E-state index in [2.05, 4.69) is 12.0 Å². The first kappa shape index (κ1) is 13.1. The summed E-state index contributed by atoms with van der Waals surface area (Å²) in [7, 11) is 1.89. The van der Waals surface area contributed by atoms with Gasteiger partial charge >= 0.3 is 0 Å². The van der Waals surface area contributed by atoms with Gasteiger partial charge in [-0.1, -0.05) is 18.5 Å². The fraction of sp³-hybridized carbons (Fsp3) is 0.357. The molecule has 0 aliphatic heterocycles. The van der Waals surface area contributed by atoms with Gasteiger partial charge in [-0.2, -0.15) is 5.10 Å². The molecule has 18 heavy (non-hydrogen) atoms. The van der Waals surface area contributed by atoms with Gasteiger partial charge in [-0.05, 0) is 37.1 Å². The molecule has 0 saturated heterocycles. The molecule has 2 aromatic rings. The minimum Gasteiger partial charge on any atom is -0.275 e. The molecule has 1 aromatic heterocycles. The SMILES string of the molecule is CC[C@@H](c1cc(F)ccc1Cl)c1cn(C)nc1C. The maximum Gasteiger partial charge on any atom is 0.123 e. The number of halogens is 2. The Hall–Kier alpha value is -1.35. The molecule has 1 heterocycles. The Morgan fingerprint density at radius 3 is 2.67 bits per heavy atom. The van der Waals surface area contributed by atoms with Crippen LogP contribution in [0.5, 0.6) is 0 Å². The number of hydrogen-bond donors (Lipinski definition) is 0. The van der Waals surface area contributed by atoms with E-state index in [1.165, 1.54) is 12.1 Å². The monoisotopic (exact) mass is 266 g/mol. The highest BCUT2D eigenvalue weighted by Crippen LogP contribution is 2.34. The van der Waals surface area contributed by atoms with Crippen LogP contribution in [0.15, 0.2) is 24.4 Å². The van der Waals surface area contributed by atoms with E-state index in [1.807, 2.05) is 20.2 Å². The van der Waals surface area contributed by atoms with Crippen LogP contribution in [-0.2, 0) is 7.05 Å². The number of nitrogens with zero attached hydrogens (tertiary/aromatic N) is 2. The van der Waals surface area contributed by atoms with Gasteiger partial charge < -0.3 is 0 Å². The Kier molecular flexibility index (Phi) is 3.71. The molecular formula is C14H16ClFN2. The molecule has 1 aromatic carbocycles. The van der Waals surface area contributed by atoms with E-state index in [0.717, 1.165) is 23.2 Å². The average molecular weight is 267 g/mol. The van der Waals surface area contributed by atoms with Gasteiger partial charge in [-0.3, -0.25) is 4.68 Å². The maximum atomic E-state index is 13.4. The Morgan fingerprint density at radius 2 is 2.11 bits per heavy atom. The summed E-state index contributed by atoms with van der Waals surface area (Å²) in [5.74, 6) is -0.170. The van der Waals surface area contributed by atoms with Crippen LogP contribution in [0, 0.1) is 12.7 Å². The average Bonchev–Trinajstić information content (AvgIpc) is 2.64. The molecule has 0 unspecified atom stereocenters. The number of aryl methyl sites for hydroxylation is 2. The van der Waals surface area contributed by atoms with Crippen LogP contribution >= 0.6 is 11.6 Å². The highest BCUT2D eigenvalue weighted by atomic mass is 35.5. The fourth-order valence-electron chi connectivity index (χ4n) is 2.35. The van der Waals surface area contributed by atoms with Crippen molar-refractivity contribution in [1.29, 1.82) is 0 Å². The smallest absolute Gasteiger partial charge is 0.123 e. The van der Waals surface area contributed by atoms with E-state index < -0.39 is 0 Å². The summed E-state index contributed by atoms with van der Waals surface area (Å²) in [6, 6.07) is 4.51. The van der Waals surface area contributed by atoms with Crippen LogP contribution in [0.3, 0.4) is 0 Å². The second-order valence-electron chi connectivity index (χ2n) is 4.47. The van der Waals surface area contributed by atoms with Crippen LogP contribution in [-0.4, -0.2) is 9.78 Å². The lowest BCUT2D eigenvalue weighted by atomic mass is 9.89. The van der Waals surface area contributed by atoms with E-state index in [4.69, 9.17) is 11.6 Å². The number of aromatic nitrogens is 2. The third kappa shape index (κ3) is 2.41. The summed E-state index contributed by atoms with van der Waals surface area (Å²) in [6.45, 7) is 4.03. The highest BCUT2D eigenvalue weighted by molar-refractivity contribution is 6.31. The predicted octanol–water partition coefficient (Wildman–Crippen LogP) is 4.06. The van der Waals surface area contributed by atoms with E-state index in [0.29, 0.717) is 5.02 Å². The molecule has 0 spiro atoms.